The van der Waals surface area contributed by atoms with E-state index in [9.17, 15) is 24.0 Å². The highest BCUT2D eigenvalue weighted by molar-refractivity contribution is 8.26. The minimum atomic E-state index is -0.949. The highest BCUT2D eigenvalue weighted by atomic mass is 32.2. The van der Waals surface area contributed by atoms with Crippen molar-refractivity contribution in [2.24, 2.45) is 0 Å². The van der Waals surface area contributed by atoms with Gasteiger partial charge in [-0.15, -0.1) is 23.5 Å². The monoisotopic (exact) mass is 402 g/mol. The molecule has 11 heteroatoms. The van der Waals surface area contributed by atoms with Crippen molar-refractivity contribution in [3.63, 3.8) is 0 Å². The van der Waals surface area contributed by atoms with Crippen molar-refractivity contribution in [1.82, 2.24) is 9.80 Å². The maximum Gasteiger partial charge on any atom is 0.333 e. The molecule has 2 saturated heterocycles. The zero-order chi connectivity index (χ0) is 19.6. The van der Waals surface area contributed by atoms with Crippen LogP contribution in [0, 0.1) is 0 Å². The molecule has 2 aliphatic heterocycles. The molecule has 26 heavy (non-hydrogen) atoms. The van der Waals surface area contributed by atoms with E-state index in [1.807, 2.05) is 0 Å². The van der Waals surface area contributed by atoms with Crippen LogP contribution in [0.2, 0.25) is 0 Å². The SMILES string of the molecule is CCOC(=O)[C@H]1SC(=C2C(=O)N(C)C(=O)N(C)C2=O)S[C@@H]1C(=O)OCC. The Kier molecular flexibility index (Phi) is 6.34. The van der Waals surface area contributed by atoms with E-state index in [1.54, 1.807) is 13.8 Å². The summed E-state index contributed by atoms with van der Waals surface area (Å²) in [5.41, 5.74) is -0.245. The number of carbonyl (C=O) groups is 5. The Balaban J connectivity index is 2.43. The molecule has 0 bridgehead atoms. The van der Waals surface area contributed by atoms with Gasteiger partial charge in [-0.25, -0.2) is 4.79 Å². The number of ether oxygens (including phenoxy) is 2. The van der Waals surface area contributed by atoms with Crippen molar-refractivity contribution in [3.8, 4) is 0 Å². The van der Waals surface area contributed by atoms with Crippen LogP contribution in [0.15, 0.2) is 9.81 Å². The first kappa shape index (κ1) is 20.3. The molecule has 2 heterocycles. The Hall–Kier alpha value is -2.01. The van der Waals surface area contributed by atoms with E-state index in [0.717, 1.165) is 33.3 Å². The number of esters is 2. The van der Waals surface area contributed by atoms with E-state index >= 15 is 0 Å². The number of hydrogen-bond acceptors (Lipinski definition) is 9. The summed E-state index contributed by atoms with van der Waals surface area (Å²) >= 11 is 1.80. The van der Waals surface area contributed by atoms with E-state index in [4.69, 9.17) is 9.47 Å². The molecular formula is C15H18N2O7S2. The molecule has 0 spiro atoms. The number of nitrogens with zero attached hydrogens (tertiary/aromatic N) is 2. The van der Waals surface area contributed by atoms with Crippen LogP contribution < -0.4 is 0 Å². The Morgan fingerprint density at radius 2 is 1.27 bits per heavy atom. The molecule has 0 aromatic rings. The maximum absolute atomic E-state index is 12.4. The zero-order valence-electron chi connectivity index (χ0n) is 14.6. The second-order valence-corrected chi connectivity index (χ2v) is 7.82. The van der Waals surface area contributed by atoms with Crippen LogP contribution in [0.3, 0.4) is 0 Å². The quantitative estimate of drug-likeness (QED) is 0.379. The topological polar surface area (TPSA) is 110 Å². The lowest BCUT2D eigenvalue weighted by Gasteiger charge is -2.29. The molecule has 0 saturated carbocycles. The van der Waals surface area contributed by atoms with Crippen molar-refractivity contribution in [2.45, 2.75) is 24.3 Å². The lowest BCUT2D eigenvalue weighted by atomic mass is 10.2. The van der Waals surface area contributed by atoms with Crippen LogP contribution >= 0.6 is 23.5 Å². The fourth-order valence-corrected chi connectivity index (χ4v) is 5.31. The number of hydrogen-bond donors (Lipinski definition) is 0. The first-order valence-corrected chi connectivity index (χ1v) is 9.51. The third-order valence-corrected chi connectivity index (χ3v) is 6.62. The van der Waals surface area contributed by atoms with Gasteiger partial charge in [-0.05, 0) is 13.8 Å². The molecule has 2 atom stereocenters. The fraction of sp³-hybridized carbons (Fsp3) is 0.533. The molecule has 9 nitrogen and oxygen atoms in total. The number of barbiturate groups is 1. The first-order valence-electron chi connectivity index (χ1n) is 7.75. The highest BCUT2D eigenvalue weighted by Gasteiger charge is 2.49. The van der Waals surface area contributed by atoms with Crippen LogP contribution in [-0.2, 0) is 28.7 Å². The van der Waals surface area contributed by atoms with Crippen molar-refractivity contribution in [2.75, 3.05) is 27.3 Å². The second-order valence-electron chi connectivity index (χ2n) is 5.25. The maximum atomic E-state index is 12.4. The van der Waals surface area contributed by atoms with Crippen molar-refractivity contribution < 1.29 is 33.4 Å². The number of rotatable bonds is 4. The standard InChI is InChI=1S/C15H18N2O7S2/c1-5-23-12(20)8-9(13(21)24-6-2)26-14(25-8)7-10(18)16(3)15(22)17(4)11(7)19/h8-9H,5-6H2,1-4H3/t8-,9-/m0/s1. The van der Waals surface area contributed by atoms with Gasteiger partial charge in [0.25, 0.3) is 11.8 Å². The number of thioether (sulfide) groups is 2. The Bertz CT molecular complexity index is 652. The van der Waals surface area contributed by atoms with Gasteiger partial charge in [-0.1, -0.05) is 0 Å². The summed E-state index contributed by atoms with van der Waals surface area (Å²) in [6.45, 7) is 3.51. The average Bonchev–Trinajstić information content (AvgIpc) is 3.04. The molecule has 0 aromatic carbocycles. The van der Waals surface area contributed by atoms with Crippen LogP contribution in [0.25, 0.3) is 0 Å². The molecule has 2 fully saturated rings. The normalized spacial score (nSPS) is 23.6. The van der Waals surface area contributed by atoms with E-state index in [2.05, 4.69) is 0 Å². The molecule has 4 amide bonds. The van der Waals surface area contributed by atoms with Crippen LogP contribution in [0.4, 0.5) is 4.79 Å². The molecule has 0 aromatic heterocycles. The summed E-state index contributed by atoms with van der Waals surface area (Å²) in [6.07, 6.45) is 0. The van der Waals surface area contributed by atoms with Crippen molar-refractivity contribution in [3.05, 3.63) is 9.81 Å². The Labute approximate surface area is 158 Å². The zero-order valence-corrected chi connectivity index (χ0v) is 16.3. The van der Waals surface area contributed by atoms with Crippen LogP contribution in [0.1, 0.15) is 13.8 Å². The number of carbonyl (C=O) groups excluding carboxylic acids is 5. The molecule has 2 aliphatic rings. The second kappa shape index (κ2) is 8.12. The lowest BCUT2D eigenvalue weighted by Crippen LogP contribution is -2.53. The summed E-state index contributed by atoms with van der Waals surface area (Å²) in [4.78, 5) is 62.7. The van der Waals surface area contributed by atoms with Gasteiger partial charge in [0, 0.05) is 14.1 Å². The molecule has 142 valence electrons. The van der Waals surface area contributed by atoms with Gasteiger partial charge in [0.15, 0.2) is 0 Å². The molecule has 2 rings (SSSR count). The van der Waals surface area contributed by atoms with E-state index in [0.29, 0.717) is 0 Å². The lowest BCUT2D eigenvalue weighted by molar-refractivity contribution is -0.148. The molecule has 0 unspecified atom stereocenters. The van der Waals surface area contributed by atoms with Gasteiger partial charge in [-0.2, -0.15) is 0 Å². The van der Waals surface area contributed by atoms with Gasteiger partial charge in [0.1, 0.15) is 16.1 Å². The van der Waals surface area contributed by atoms with Gasteiger partial charge in [0.2, 0.25) is 0 Å². The third kappa shape index (κ3) is 3.58. The predicted octanol–water partition coefficient (Wildman–Crippen LogP) is 0.592. The van der Waals surface area contributed by atoms with Crippen molar-refractivity contribution in [1.29, 1.82) is 0 Å². The van der Waals surface area contributed by atoms with Crippen LogP contribution in [-0.4, -0.2) is 77.4 Å². The number of urea groups is 1. The number of likely N-dealkylation sites (N-methyl/N-ethyl adjacent to an activating group) is 2. The Morgan fingerprint density at radius 1 is 0.885 bits per heavy atom. The molecule has 0 aliphatic carbocycles. The van der Waals surface area contributed by atoms with E-state index < -0.39 is 40.3 Å². The summed E-state index contributed by atoms with van der Waals surface area (Å²) in [7, 11) is 2.51. The fourth-order valence-electron chi connectivity index (χ4n) is 2.29. The smallest absolute Gasteiger partial charge is 0.333 e. The predicted molar refractivity (Wildman–Crippen MR) is 94.0 cm³/mol. The summed E-state index contributed by atoms with van der Waals surface area (Å²) < 4.78 is 10.2. The molecular weight excluding hydrogens is 384 g/mol. The minimum Gasteiger partial charge on any atom is -0.465 e. The average molecular weight is 402 g/mol. The summed E-state index contributed by atoms with van der Waals surface area (Å²) in [5, 5.41) is -1.90. The number of imide groups is 2. The largest absolute Gasteiger partial charge is 0.465 e. The first-order chi connectivity index (χ1) is 12.2. The van der Waals surface area contributed by atoms with Crippen molar-refractivity contribution >= 4 is 53.3 Å². The van der Waals surface area contributed by atoms with Gasteiger partial charge >= 0.3 is 18.0 Å². The minimum absolute atomic E-state index is 0.125. The Morgan fingerprint density at radius 3 is 1.62 bits per heavy atom. The highest BCUT2D eigenvalue weighted by Crippen LogP contribution is 2.50. The van der Waals surface area contributed by atoms with Gasteiger partial charge in [0.05, 0.1) is 17.5 Å². The third-order valence-electron chi connectivity index (χ3n) is 3.60. The summed E-state index contributed by atoms with van der Waals surface area (Å²) in [6, 6.07) is -0.749. The molecule has 0 N–H and O–H groups in total. The van der Waals surface area contributed by atoms with E-state index in [-0.39, 0.29) is 23.0 Å². The summed E-state index contributed by atoms with van der Waals surface area (Å²) in [5.74, 6) is -2.82. The van der Waals surface area contributed by atoms with E-state index in [1.165, 1.54) is 14.1 Å². The number of amides is 4. The molecule has 0 radical (unpaired) electrons. The van der Waals surface area contributed by atoms with Gasteiger partial charge in [-0.3, -0.25) is 29.0 Å². The van der Waals surface area contributed by atoms with Crippen LogP contribution in [0.5, 0.6) is 0 Å². The van der Waals surface area contributed by atoms with Gasteiger partial charge < -0.3 is 9.47 Å².